The molecule has 1 atom stereocenters. The van der Waals surface area contributed by atoms with E-state index in [0.29, 0.717) is 13.2 Å². The quantitative estimate of drug-likeness (QED) is 0.730. The van der Waals surface area contributed by atoms with Gasteiger partial charge in [-0.25, -0.2) is 4.68 Å². The van der Waals surface area contributed by atoms with Crippen LogP contribution in [0.1, 0.15) is 19.0 Å². The Balaban J connectivity index is 2.69. The molecule has 1 rings (SSSR count). The van der Waals surface area contributed by atoms with Gasteiger partial charge in [-0.2, -0.15) is 5.10 Å². The number of aryl methyl sites for hydroxylation is 1. The highest BCUT2D eigenvalue weighted by Gasteiger charge is 2.10. The molecule has 0 spiro atoms. The number of nitrogens with one attached hydrogen (secondary N) is 1. The molecule has 0 saturated heterocycles. The number of aliphatic hydroxyl groups excluding tert-OH is 1. The van der Waals surface area contributed by atoms with Gasteiger partial charge in [0.05, 0.1) is 31.5 Å². The van der Waals surface area contributed by atoms with Crippen LogP contribution in [0.25, 0.3) is 0 Å². The van der Waals surface area contributed by atoms with E-state index in [4.69, 9.17) is 9.84 Å². The van der Waals surface area contributed by atoms with E-state index in [0.717, 1.165) is 17.9 Å². The van der Waals surface area contributed by atoms with Crippen molar-refractivity contribution in [3.8, 4) is 0 Å². The summed E-state index contributed by atoms with van der Waals surface area (Å²) >= 11 is 0. The van der Waals surface area contributed by atoms with Crippen molar-refractivity contribution in [1.29, 1.82) is 0 Å². The van der Waals surface area contributed by atoms with Crippen LogP contribution in [0.2, 0.25) is 0 Å². The molecule has 2 N–H and O–H groups in total. The first kappa shape index (κ1) is 13.0. The zero-order valence-electron chi connectivity index (χ0n) is 10.2. The summed E-state index contributed by atoms with van der Waals surface area (Å²) in [5, 5.41) is 16.6. The minimum absolute atomic E-state index is 0.0941. The van der Waals surface area contributed by atoms with Crippen molar-refractivity contribution in [2.45, 2.75) is 32.9 Å². The maximum Gasteiger partial charge on any atom is 0.124 e. The standard InChI is InChI=1S/C11H21N3O2/c1-4-10(8-16-3)12-11-7-9(2)13-14(11)5-6-15/h7,10,12,15H,4-6,8H2,1-3H3. The van der Waals surface area contributed by atoms with E-state index in [-0.39, 0.29) is 12.6 Å². The number of anilines is 1. The van der Waals surface area contributed by atoms with Gasteiger partial charge < -0.3 is 15.2 Å². The Hall–Kier alpha value is -1.07. The van der Waals surface area contributed by atoms with Crippen molar-refractivity contribution in [2.24, 2.45) is 0 Å². The predicted molar refractivity (Wildman–Crippen MR) is 63.6 cm³/mol. The molecule has 16 heavy (non-hydrogen) atoms. The molecule has 0 fully saturated rings. The molecular weight excluding hydrogens is 206 g/mol. The molecule has 1 unspecified atom stereocenters. The van der Waals surface area contributed by atoms with Crippen molar-refractivity contribution < 1.29 is 9.84 Å². The lowest BCUT2D eigenvalue weighted by atomic mass is 10.2. The number of aromatic nitrogens is 2. The molecule has 1 aromatic rings. The van der Waals surface area contributed by atoms with Gasteiger partial charge in [0.15, 0.2) is 0 Å². The largest absolute Gasteiger partial charge is 0.394 e. The lowest BCUT2D eigenvalue weighted by molar-refractivity contribution is 0.184. The second-order valence-corrected chi connectivity index (χ2v) is 3.82. The topological polar surface area (TPSA) is 59.3 Å². The highest BCUT2D eigenvalue weighted by molar-refractivity contribution is 5.38. The first-order valence-electron chi connectivity index (χ1n) is 5.62. The van der Waals surface area contributed by atoms with Crippen LogP contribution >= 0.6 is 0 Å². The van der Waals surface area contributed by atoms with Gasteiger partial charge in [0, 0.05) is 13.2 Å². The molecule has 0 bridgehead atoms. The van der Waals surface area contributed by atoms with Gasteiger partial charge in [0.1, 0.15) is 5.82 Å². The molecular formula is C11H21N3O2. The molecule has 92 valence electrons. The molecule has 0 aromatic carbocycles. The first-order valence-corrected chi connectivity index (χ1v) is 5.62. The Bertz CT molecular complexity index is 312. The number of ether oxygens (including phenoxy) is 1. The number of hydrogen-bond acceptors (Lipinski definition) is 4. The van der Waals surface area contributed by atoms with Gasteiger partial charge >= 0.3 is 0 Å². The van der Waals surface area contributed by atoms with Gasteiger partial charge in [-0.05, 0) is 13.3 Å². The van der Waals surface area contributed by atoms with E-state index in [9.17, 15) is 0 Å². The van der Waals surface area contributed by atoms with E-state index in [2.05, 4.69) is 17.3 Å². The molecule has 0 aliphatic carbocycles. The van der Waals surface area contributed by atoms with Crippen molar-refractivity contribution in [3.63, 3.8) is 0 Å². The van der Waals surface area contributed by atoms with Gasteiger partial charge in [0.2, 0.25) is 0 Å². The lowest BCUT2D eigenvalue weighted by Gasteiger charge is -2.17. The first-order chi connectivity index (χ1) is 7.71. The highest BCUT2D eigenvalue weighted by Crippen LogP contribution is 2.12. The maximum atomic E-state index is 8.93. The van der Waals surface area contributed by atoms with Crippen molar-refractivity contribution in [2.75, 3.05) is 25.6 Å². The molecule has 5 nitrogen and oxygen atoms in total. The third kappa shape index (κ3) is 3.50. The van der Waals surface area contributed by atoms with E-state index in [1.165, 1.54) is 0 Å². The van der Waals surface area contributed by atoms with Crippen LogP contribution in [0.15, 0.2) is 6.07 Å². The van der Waals surface area contributed by atoms with Gasteiger partial charge in [0.25, 0.3) is 0 Å². The minimum Gasteiger partial charge on any atom is -0.394 e. The monoisotopic (exact) mass is 227 g/mol. The third-order valence-electron chi connectivity index (χ3n) is 2.43. The molecule has 0 aliphatic rings. The van der Waals surface area contributed by atoms with Crippen LogP contribution in [0, 0.1) is 6.92 Å². The summed E-state index contributed by atoms with van der Waals surface area (Å²) in [6.07, 6.45) is 0.983. The smallest absolute Gasteiger partial charge is 0.124 e. The average Bonchev–Trinajstić information content (AvgIpc) is 2.59. The summed E-state index contributed by atoms with van der Waals surface area (Å²) in [4.78, 5) is 0. The van der Waals surface area contributed by atoms with Crippen molar-refractivity contribution >= 4 is 5.82 Å². The van der Waals surface area contributed by atoms with Gasteiger partial charge in [-0.15, -0.1) is 0 Å². The molecule has 5 heteroatoms. The number of rotatable bonds is 7. The Morgan fingerprint density at radius 1 is 1.62 bits per heavy atom. The minimum atomic E-state index is 0.0941. The van der Waals surface area contributed by atoms with Gasteiger partial charge in [-0.1, -0.05) is 6.92 Å². The molecule has 0 amide bonds. The van der Waals surface area contributed by atoms with Crippen LogP contribution in [0.3, 0.4) is 0 Å². The Morgan fingerprint density at radius 2 is 2.38 bits per heavy atom. The Morgan fingerprint density at radius 3 is 2.94 bits per heavy atom. The molecule has 1 aromatic heterocycles. The van der Waals surface area contributed by atoms with E-state index in [1.807, 2.05) is 13.0 Å². The second kappa shape index (κ2) is 6.50. The second-order valence-electron chi connectivity index (χ2n) is 3.82. The van der Waals surface area contributed by atoms with E-state index < -0.39 is 0 Å². The number of hydrogen-bond donors (Lipinski definition) is 2. The van der Waals surface area contributed by atoms with Crippen LogP contribution in [0.5, 0.6) is 0 Å². The average molecular weight is 227 g/mol. The van der Waals surface area contributed by atoms with Crippen LogP contribution in [-0.2, 0) is 11.3 Å². The predicted octanol–water partition coefficient (Wildman–Crippen LogP) is 1.02. The maximum absolute atomic E-state index is 8.93. The molecule has 0 radical (unpaired) electrons. The normalized spacial score (nSPS) is 12.8. The summed E-state index contributed by atoms with van der Waals surface area (Å²) in [5.74, 6) is 0.940. The number of aliphatic hydroxyl groups is 1. The third-order valence-corrected chi connectivity index (χ3v) is 2.43. The van der Waals surface area contributed by atoms with Crippen LogP contribution in [0.4, 0.5) is 5.82 Å². The molecule has 0 aliphatic heterocycles. The van der Waals surface area contributed by atoms with E-state index >= 15 is 0 Å². The van der Waals surface area contributed by atoms with Crippen molar-refractivity contribution in [1.82, 2.24) is 9.78 Å². The van der Waals surface area contributed by atoms with Crippen LogP contribution < -0.4 is 5.32 Å². The lowest BCUT2D eigenvalue weighted by Crippen LogP contribution is -2.25. The van der Waals surface area contributed by atoms with Crippen LogP contribution in [-0.4, -0.2) is 41.3 Å². The Labute approximate surface area is 96.4 Å². The van der Waals surface area contributed by atoms with Gasteiger partial charge in [-0.3, -0.25) is 0 Å². The summed E-state index contributed by atoms with van der Waals surface area (Å²) in [6, 6.07) is 2.26. The zero-order valence-corrected chi connectivity index (χ0v) is 10.2. The van der Waals surface area contributed by atoms with Crippen molar-refractivity contribution in [3.05, 3.63) is 11.8 Å². The fourth-order valence-corrected chi connectivity index (χ4v) is 1.60. The summed E-state index contributed by atoms with van der Waals surface area (Å²) in [5.41, 5.74) is 0.947. The van der Waals surface area contributed by atoms with E-state index in [1.54, 1.807) is 11.8 Å². The number of nitrogens with zero attached hydrogens (tertiary/aromatic N) is 2. The summed E-state index contributed by atoms with van der Waals surface area (Å²) in [6.45, 7) is 5.32. The summed E-state index contributed by atoms with van der Waals surface area (Å²) in [7, 11) is 1.70. The summed E-state index contributed by atoms with van der Waals surface area (Å²) < 4.78 is 6.92. The zero-order chi connectivity index (χ0) is 12.0. The Kier molecular flexibility index (Phi) is 5.28. The number of methoxy groups -OCH3 is 1. The molecule has 1 heterocycles. The highest BCUT2D eigenvalue weighted by atomic mass is 16.5. The fourth-order valence-electron chi connectivity index (χ4n) is 1.60. The molecule has 0 saturated carbocycles. The fraction of sp³-hybridized carbons (Fsp3) is 0.727. The SMILES string of the molecule is CCC(COC)Nc1cc(C)nn1CCO.